The van der Waals surface area contributed by atoms with Crippen LogP contribution < -0.4 is 5.32 Å². The molecular weight excluding hydrogens is 236 g/mol. The number of likely N-dealkylation sites (tertiary alicyclic amines) is 1. The third kappa shape index (κ3) is 3.83. The van der Waals surface area contributed by atoms with Gasteiger partial charge in [0, 0.05) is 18.1 Å². The zero-order valence-corrected chi connectivity index (χ0v) is 12.8. The Bertz CT molecular complexity index is 386. The summed E-state index contributed by atoms with van der Waals surface area (Å²) >= 11 is 0. The van der Waals surface area contributed by atoms with Gasteiger partial charge >= 0.3 is 0 Å². The molecule has 0 bridgehead atoms. The molecule has 0 spiro atoms. The lowest BCUT2D eigenvalue weighted by atomic mass is 10.1. The van der Waals surface area contributed by atoms with Crippen LogP contribution in [-0.2, 0) is 13.1 Å². The van der Waals surface area contributed by atoms with Crippen LogP contribution in [0.15, 0.2) is 16.5 Å². The minimum Gasteiger partial charge on any atom is -0.463 e. The molecule has 1 aromatic heterocycles. The van der Waals surface area contributed by atoms with Crippen LogP contribution in [-0.4, -0.2) is 23.0 Å². The smallest absolute Gasteiger partial charge is 0.118 e. The number of nitrogens with zero attached hydrogens (tertiary/aromatic N) is 1. The summed E-state index contributed by atoms with van der Waals surface area (Å²) in [7, 11) is 0. The average Bonchev–Trinajstić information content (AvgIpc) is 2.96. The SMILES string of the molecule is CCC1CCC(C)N1Cc1ccc(CNC(C)C)o1. The lowest BCUT2D eigenvalue weighted by Crippen LogP contribution is -2.33. The van der Waals surface area contributed by atoms with Gasteiger partial charge in [-0.05, 0) is 38.3 Å². The second kappa shape index (κ2) is 6.58. The van der Waals surface area contributed by atoms with Crippen molar-refractivity contribution in [2.24, 2.45) is 0 Å². The van der Waals surface area contributed by atoms with Crippen molar-refractivity contribution in [1.29, 1.82) is 0 Å². The van der Waals surface area contributed by atoms with Gasteiger partial charge in [-0.15, -0.1) is 0 Å². The Morgan fingerprint density at radius 1 is 1.32 bits per heavy atom. The summed E-state index contributed by atoms with van der Waals surface area (Å²) in [6.07, 6.45) is 3.90. The van der Waals surface area contributed by atoms with Crippen molar-refractivity contribution in [3.05, 3.63) is 23.7 Å². The molecule has 0 aliphatic carbocycles. The summed E-state index contributed by atoms with van der Waals surface area (Å²) < 4.78 is 5.93. The first-order valence-electron chi connectivity index (χ1n) is 7.66. The Labute approximate surface area is 117 Å². The van der Waals surface area contributed by atoms with Gasteiger partial charge in [0.2, 0.25) is 0 Å². The third-order valence-electron chi connectivity index (χ3n) is 4.16. The Morgan fingerprint density at radius 3 is 2.74 bits per heavy atom. The van der Waals surface area contributed by atoms with E-state index in [1.54, 1.807) is 0 Å². The molecule has 2 unspecified atom stereocenters. The van der Waals surface area contributed by atoms with Gasteiger partial charge in [0.15, 0.2) is 0 Å². The summed E-state index contributed by atoms with van der Waals surface area (Å²) in [5.74, 6) is 2.15. The maximum Gasteiger partial charge on any atom is 0.118 e. The summed E-state index contributed by atoms with van der Waals surface area (Å²) in [4.78, 5) is 2.60. The molecule has 1 saturated heterocycles. The number of nitrogens with one attached hydrogen (secondary N) is 1. The molecule has 0 aromatic carbocycles. The minimum absolute atomic E-state index is 0.497. The quantitative estimate of drug-likeness (QED) is 0.852. The van der Waals surface area contributed by atoms with Gasteiger partial charge in [-0.25, -0.2) is 0 Å². The van der Waals surface area contributed by atoms with Crippen molar-refractivity contribution in [1.82, 2.24) is 10.2 Å². The first kappa shape index (κ1) is 14.6. The Morgan fingerprint density at radius 2 is 2.05 bits per heavy atom. The molecule has 0 radical (unpaired) electrons. The number of rotatable bonds is 6. The summed E-state index contributed by atoms with van der Waals surface area (Å²) in [6.45, 7) is 10.7. The normalized spacial score (nSPS) is 24.5. The Balaban J connectivity index is 1.92. The van der Waals surface area contributed by atoms with Crippen LogP contribution in [0.2, 0.25) is 0 Å². The predicted molar refractivity (Wildman–Crippen MR) is 79.0 cm³/mol. The van der Waals surface area contributed by atoms with E-state index in [1.165, 1.54) is 19.3 Å². The van der Waals surface area contributed by atoms with Crippen molar-refractivity contribution < 1.29 is 4.42 Å². The molecule has 3 heteroatoms. The minimum atomic E-state index is 0.497. The largest absolute Gasteiger partial charge is 0.463 e. The first-order chi connectivity index (χ1) is 9.10. The second-order valence-corrected chi connectivity index (χ2v) is 6.06. The van der Waals surface area contributed by atoms with E-state index in [9.17, 15) is 0 Å². The molecule has 2 atom stereocenters. The van der Waals surface area contributed by atoms with Crippen LogP contribution in [0.3, 0.4) is 0 Å². The maximum atomic E-state index is 5.93. The van der Waals surface area contributed by atoms with Gasteiger partial charge in [0.25, 0.3) is 0 Å². The predicted octanol–water partition coefficient (Wildman–Crippen LogP) is 3.54. The Kier molecular flexibility index (Phi) is 5.06. The van der Waals surface area contributed by atoms with Gasteiger partial charge in [-0.1, -0.05) is 20.8 Å². The maximum absolute atomic E-state index is 5.93. The van der Waals surface area contributed by atoms with E-state index >= 15 is 0 Å². The van der Waals surface area contributed by atoms with Crippen LogP contribution in [0.25, 0.3) is 0 Å². The highest BCUT2D eigenvalue weighted by atomic mass is 16.3. The monoisotopic (exact) mass is 264 g/mol. The fourth-order valence-corrected chi connectivity index (χ4v) is 2.94. The third-order valence-corrected chi connectivity index (χ3v) is 4.16. The highest BCUT2D eigenvalue weighted by Crippen LogP contribution is 2.28. The molecule has 1 fully saturated rings. The van der Waals surface area contributed by atoms with Gasteiger partial charge in [-0.2, -0.15) is 0 Å². The summed E-state index contributed by atoms with van der Waals surface area (Å²) in [5, 5.41) is 3.39. The fourth-order valence-electron chi connectivity index (χ4n) is 2.94. The van der Waals surface area contributed by atoms with E-state index < -0.39 is 0 Å². The van der Waals surface area contributed by atoms with Crippen molar-refractivity contribution in [2.75, 3.05) is 0 Å². The van der Waals surface area contributed by atoms with Crippen LogP contribution in [0.5, 0.6) is 0 Å². The van der Waals surface area contributed by atoms with E-state index in [2.05, 4.69) is 50.0 Å². The van der Waals surface area contributed by atoms with E-state index in [0.717, 1.165) is 30.7 Å². The van der Waals surface area contributed by atoms with Gasteiger partial charge in [0.1, 0.15) is 11.5 Å². The molecule has 2 heterocycles. The molecule has 1 aliphatic heterocycles. The molecule has 1 aromatic rings. The Hall–Kier alpha value is -0.800. The highest BCUT2D eigenvalue weighted by Gasteiger charge is 2.29. The molecule has 0 saturated carbocycles. The fraction of sp³-hybridized carbons (Fsp3) is 0.750. The van der Waals surface area contributed by atoms with E-state index in [0.29, 0.717) is 12.1 Å². The van der Waals surface area contributed by atoms with Crippen molar-refractivity contribution in [3.63, 3.8) is 0 Å². The standard InChI is InChI=1S/C16H28N2O/c1-5-14-7-6-13(4)18(14)11-16-9-8-15(19-16)10-17-12(2)3/h8-9,12-14,17H,5-7,10-11H2,1-4H3. The van der Waals surface area contributed by atoms with Gasteiger partial charge < -0.3 is 9.73 Å². The molecular formula is C16H28N2O. The van der Waals surface area contributed by atoms with Crippen LogP contribution in [0, 0.1) is 0 Å². The van der Waals surface area contributed by atoms with Crippen molar-refractivity contribution in [3.8, 4) is 0 Å². The molecule has 2 rings (SSSR count). The molecule has 1 aliphatic rings. The lowest BCUT2D eigenvalue weighted by Gasteiger charge is -2.26. The zero-order valence-electron chi connectivity index (χ0n) is 12.8. The van der Waals surface area contributed by atoms with E-state index in [1.807, 2.05) is 0 Å². The highest BCUT2D eigenvalue weighted by molar-refractivity contribution is 5.08. The van der Waals surface area contributed by atoms with Crippen molar-refractivity contribution >= 4 is 0 Å². The molecule has 3 nitrogen and oxygen atoms in total. The molecule has 0 amide bonds. The number of furan rings is 1. The van der Waals surface area contributed by atoms with E-state index in [4.69, 9.17) is 4.42 Å². The molecule has 1 N–H and O–H groups in total. The topological polar surface area (TPSA) is 28.4 Å². The number of hydrogen-bond donors (Lipinski definition) is 1. The first-order valence-corrected chi connectivity index (χ1v) is 7.66. The number of hydrogen-bond acceptors (Lipinski definition) is 3. The molecule has 19 heavy (non-hydrogen) atoms. The van der Waals surface area contributed by atoms with Gasteiger partial charge in [0.05, 0.1) is 13.1 Å². The van der Waals surface area contributed by atoms with Crippen molar-refractivity contribution in [2.45, 2.75) is 78.2 Å². The second-order valence-electron chi connectivity index (χ2n) is 6.06. The molecule has 108 valence electrons. The zero-order chi connectivity index (χ0) is 13.8. The summed E-state index contributed by atoms with van der Waals surface area (Å²) in [6, 6.07) is 6.16. The van der Waals surface area contributed by atoms with Crippen LogP contribution >= 0.6 is 0 Å². The average molecular weight is 264 g/mol. The van der Waals surface area contributed by atoms with E-state index in [-0.39, 0.29) is 0 Å². The lowest BCUT2D eigenvalue weighted by molar-refractivity contribution is 0.173. The van der Waals surface area contributed by atoms with Crippen LogP contribution in [0.4, 0.5) is 0 Å². The van der Waals surface area contributed by atoms with Crippen LogP contribution in [0.1, 0.15) is 58.5 Å². The summed E-state index contributed by atoms with van der Waals surface area (Å²) in [5.41, 5.74) is 0. The van der Waals surface area contributed by atoms with Gasteiger partial charge in [-0.3, -0.25) is 4.90 Å².